The lowest BCUT2D eigenvalue weighted by atomic mass is 10.1. The average Bonchev–Trinajstić information content (AvgIpc) is 3.18. The van der Waals surface area contributed by atoms with Crippen molar-refractivity contribution in [2.75, 3.05) is 26.7 Å². The minimum Gasteiger partial charge on any atom is -0.360 e. The molecule has 0 bridgehead atoms. The van der Waals surface area contributed by atoms with Gasteiger partial charge < -0.3 is 14.7 Å². The van der Waals surface area contributed by atoms with E-state index in [9.17, 15) is 9.59 Å². The highest BCUT2D eigenvalue weighted by Crippen LogP contribution is 2.14. The van der Waals surface area contributed by atoms with E-state index in [1.54, 1.807) is 24.2 Å². The van der Waals surface area contributed by atoms with Crippen LogP contribution >= 0.6 is 0 Å². The lowest BCUT2D eigenvalue weighted by molar-refractivity contribution is -0.138. The van der Waals surface area contributed by atoms with Crippen LogP contribution in [0.2, 0.25) is 0 Å². The molecular weight excluding hydrogens is 344 g/mol. The lowest BCUT2D eigenvalue weighted by Crippen LogP contribution is -2.56. The Kier molecular flexibility index (Phi) is 6.59. The third kappa shape index (κ3) is 5.40. The number of amides is 2. The Morgan fingerprint density at radius 1 is 1.33 bits per heavy atom. The fraction of sp³-hybridized carbons (Fsp3) is 0.450. The molecule has 1 saturated heterocycles. The first-order chi connectivity index (χ1) is 13.1. The molecule has 0 radical (unpaired) electrons. The highest BCUT2D eigenvalue weighted by Gasteiger charge is 2.32. The average molecular weight is 370 g/mol. The number of rotatable bonds is 8. The molecule has 2 aromatic rings. The van der Waals surface area contributed by atoms with E-state index in [2.05, 4.69) is 27.5 Å². The van der Waals surface area contributed by atoms with Gasteiger partial charge in [0.2, 0.25) is 11.8 Å². The van der Waals surface area contributed by atoms with Gasteiger partial charge in [-0.05, 0) is 24.9 Å². The van der Waals surface area contributed by atoms with Crippen molar-refractivity contribution in [1.82, 2.24) is 20.3 Å². The van der Waals surface area contributed by atoms with Crippen LogP contribution in [0.15, 0.2) is 47.1 Å². The second-order valence-electron chi connectivity index (χ2n) is 6.86. The highest BCUT2D eigenvalue weighted by atomic mass is 16.5. The van der Waals surface area contributed by atoms with E-state index in [1.165, 1.54) is 5.56 Å². The summed E-state index contributed by atoms with van der Waals surface area (Å²) in [5, 5.41) is 6.53. The number of nitrogens with one attached hydrogen (secondary N) is 1. The SMILES string of the molecule is CN(Cc1ccno1)C(=O)CC1C(=O)NCCN1CCCc1ccccc1. The largest absolute Gasteiger partial charge is 0.360 e. The van der Waals surface area contributed by atoms with E-state index in [0.29, 0.717) is 18.8 Å². The number of nitrogens with zero attached hydrogens (tertiary/aromatic N) is 3. The van der Waals surface area contributed by atoms with Crippen molar-refractivity contribution in [3.8, 4) is 0 Å². The van der Waals surface area contributed by atoms with Crippen molar-refractivity contribution in [3.63, 3.8) is 0 Å². The first-order valence-corrected chi connectivity index (χ1v) is 9.32. The van der Waals surface area contributed by atoms with Gasteiger partial charge >= 0.3 is 0 Å². The molecule has 3 rings (SSSR count). The van der Waals surface area contributed by atoms with E-state index in [-0.39, 0.29) is 18.2 Å². The van der Waals surface area contributed by atoms with Crippen LogP contribution in [-0.4, -0.2) is 59.5 Å². The second-order valence-corrected chi connectivity index (χ2v) is 6.86. The summed E-state index contributed by atoms with van der Waals surface area (Å²) in [4.78, 5) is 28.6. The number of benzene rings is 1. The van der Waals surface area contributed by atoms with Crippen molar-refractivity contribution in [1.29, 1.82) is 0 Å². The van der Waals surface area contributed by atoms with Crippen molar-refractivity contribution in [2.45, 2.75) is 31.8 Å². The Morgan fingerprint density at radius 2 is 2.15 bits per heavy atom. The number of piperazine rings is 1. The maximum Gasteiger partial charge on any atom is 0.237 e. The van der Waals surface area contributed by atoms with E-state index in [4.69, 9.17) is 4.52 Å². The monoisotopic (exact) mass is 370 g/mol. The van der Waals surface area contributed by atoms with Crippen LogP contribution in [0.25, 0.3) is 0 Å². The Bertz CT molecular complexity index is 733. The van der Waals surface area contributed by atoms with Gasteiger partial charge in [0, 0.05) is 26.2 Å². The van der Waals surface area contributed by atoms with Gasteiger partial charge in [0.05, 0.1) is 25.2 Å². The summed E-state index contributed by atoms with van der Waals surface area (Å²) in [5.74, 6) is 0.475. The first-order valence-electron chi connectivity index (χ1n) is 9.32. The molecule has 1 atom stereocenters. The maximum absolute atomic E-state index is 12.6. The molecular formula is C20H26N4O3. The van der Waals surface area contributed by atoms with Gasteiger partial charge in [0.15, 0.2) is 5.76 Å². The van der Waals surface area contributed by atoms with Crippen molar-refractivity contribution >= 4 is 11.8 Å². The quantitative estimate of drug-likeness (QED) is 0.761. The summed E-state index contributed by atoms with van der Waals surface area (Å²) in [6, 6.07) is 11.6. The third-order valence-electron chi connectivity index (χ3n) is 4.87. The van der Waals surface area contributed by atoms with Gasteiger partial charge in [-0.1, -0.05) is 35.5 Å². The molecule has 0 aliphatic carbocycles. The smallest absolute Gasteiger partial charge is 0.237 e. The van der Waals surface area contributed by atoms with E-state index < -0.39 is 6.04 Å². The van der Waals surface area contributed by atoms with E-state index in [0.717, 1.165) is 25.9 Å². The topological polar surface area (TPSA) is 78.7 Å². The van der Waals surface area contributed by atoms with Crippen LogP contribution in [0.3, 0.4) is 0 Å². The number of carbonyl (C=O) groups is 2. The van der Waals surface area contributed by atoms with Gasteiger partial charge in [-0.3, -0.25) is 14.5 Å². The predicted octanol–water partition coefficient (Wildman–Crippen LogP) is 1.46. The zero-order valence-corrected chi connectivity index (χ0v) is 15.6. The fourth-order valence-electron chi connectivity index (χ4n) is 3.35. The molecule has 2 heterocycles. The molecule has 1 fully saturated rings. The van der Waals surface area contributed by atoms with E-state index >= 15 is 0 Å². The molecule has 1 aromatic heterocycles. The third-order valence-corrected chi connectivity index (χ3v) is 4.87. The number of carbonyl (C=O) groups excluding carboxylic acids is 2. The van der Waals surface area contributed by atoms with Crippen LogP contribution in [0.4, 0.5) is 0 Å². The molecule has 1 N–H and O–H groups in total. The molecule has 27 heavy (non-hydrogen) atoms. The van der Waals surface area contributed by atoms with Crippen LogP contribution in [-0.2, 0) is 22.6 Å². The number of hydrogen-bond donors (Lipinski definition) is 1. The van der Waals surface area contributed by atoms with Gasteiger partial charge in [-0.2, -0.15) is 0 Å². The molecule has 2 amide bonds. The number of aryl methyl sites for hydroxylation is 1. The Labute approximate surface area is 159 Å². The summed E-state index contributed by atoms with van der Waals surface area (Å²) >= 11 is 0. The Morgan fingerprint density at radius 3 is 2.89 bits per heavy atom. The van der Waals surface area contributed by atoms with Crippen molar-refractivity contribution < 1.29 is 14.1 Å². The Balaban J connectivity index is 1.53. The number of aromatic nitrogens is 1. The first kappa shape index (κ1) is 19.1. The predicted molar refractivity (Wildman–Crippen MR) is 101 cm³/mol. The molecule has 7 nitrogen and oxygen atoms in total. The zero-order valence-electron chi connectivity index (χ0n) is 15.6. The van der Waals surface area contributed by atoms with Crippen LogP contribution in [0.1, 0.15) is 24.2 Å². The summed E-state index contributed by atoms with van der Waals surface area (Å²) in [7, 11) is 1.71. The fourth-order valence-corrected chi connectivity index (χ4v) is 3.35. The summed E-state index contributed by atoms with van der Waals surface area (Å²) < 4.78 is 5.05. The molecule has 0 saturated carbocycles. The van der Waals surface area contributed by atoms with Crippen LogP contribution in [0.5, 0.6) is 0 Å². The molecule has 1 unspecified atom stereocenters. The zero-order chi connectivity index (χ0) is 19.1. The van der Waals surface area contributed by atoms with Gasteiger partial charge in [0.1, 0.15) is 0 Å². The standard InChI is InChI=1S/C20H26N4O3/c1-23(15-17-9-10-22-27-17)19(25)14-18-20(26)21-11-13-24(18)12-5-8-16-6-3-2-4-7-16/h2-4,6-7,9-10,18H,5,8,11-15H2,1H3,(H,21,26). The van der Waals surface area contributed by atoms with Crippen LogP contribution < -0.4 is 5.32 Å². The lowest BCUT2D eigenvalue weighted by Gasteiger charge is -2.35. The van der Waals surface area contributed by atoms with E-state index in [1.807, 2.05) is 18.2 Å². The molecule has 1 aromatic carbocycles. The Hall–Kier alpha value is -2.67. The molecule has 144 valence electrons. The molecule has 7 heteroatoms. The van der Waals surface area contributed by atoms with Crippen LogP contribution in [0, 0.1) is 0 Å². The van der Waals surface area contributed by atoms with Crippen molar-refractivity contribution in [3.05, 3.63) is 53.9 Å². The normalized spacial score (nSPS) is 17.5. The maximum atomic E-state index is 12.6. The molecule has 1 aliphatic rings. The van der Waals surface area contributed by atoms with Gasteiger partial charge in [-0.15, -0.1) is 0 Å². The minimum absolute atomic E-state index is 0.0672. The van der Waals surface area contributed by atoms with Crippen molar-refractivity contribution in [2.24, 2.45) is 0 Å². The summed E-state index contributed by atoms with van der Waals surface area (Å²) in [5.41, 5.74) is 1.29. The second kappa shape index (κ2) is 9.32. The minimum atomic E-state index is -0.417. The highest BCUT2D eigenvalue weighted by molar-refractivity contribution is 5.88. The van der Waals surface area contributed by atoms with Gasteiger partial charge in [-0.25, -0.2) is 0 Å². The summed E-state index contributed by atoms with van der Waals surface area (Å²) in [6.45, 7) is 2.54. The molecule has 0 spiro atoms. The summed E-state index contributed by atoms with van der Waals surface area (Å²) in [6.07, 6.45) is 3.64. The molecule has 1 aliphatic heterocycles. The number of hydrogen-bond acceptors (Lipinski definition) is 5. The van der Waals surface area contributed by atoms with Gasteiger partial charge in [0.25, 0.3) is 0 Å².